The number of amides is 1. The van der Waals surface area contributed by atoms with Crippen molar-refractivity contribution in [3.05, 3.63) is 58.3 Å². The van der Waals surface area contributed by atoms with Gasteiger partial charge < -0.3 is 10.4 Å². The van der Waals surface area contributed by atoms with E-state index in [0.29, 0.717) is 12.8 Å². The van der Waals surface area contributed by atoms with E-state index in [4.69, 9.17) is 0 Å². The Hall–Kier alpha value is -2.14. The van der Waals surface area contributed by atoms with E-state index in [-0.39, 0.29) is 5.91 Å². The number of aryl methyl sites for hydroxylation is 1. The third kappa shape index (κ3) is 6.54. The summed E-state index contributed by atoms with van der Waals surface area (Å²) in [6, 6.07) is 12.6. The van der Waals surface area contributed by atoms with Crippen LogP contribution in [-0.2, 0) is 22.4 Å². The van der Waals surface area contributed by atoms with Crippen LogP contribution in [0.3, 0.4) is 0 Å². The standard InChI is InChI=1S/C19H23NO3S/c21-18(12-6-2-5-10-16-11-7-13-24-16)20-17(19(22)23)14-15-8-3-1-4-9-15/h1,3-4,7-9,11,13,17H,2,5-6,10,12,14H2,(H,20,21)(H,22,23)/t17-/m1/s1. The topological polar surface area (TPSA) is 66.4 Å². The van der Waals surface area contributed by atoms with Crippen LogP contribution in [0.5, 0.6) is 0 Å². The Morgan fingerprint density at radius 1 is 1.04 bits per heavy atom. The molecule has 0 bridgehead atoms. The van der Waals surface area contributed by atoms with Crippen molar-refractivity contribution in [2.45, 2.75) is 44.6 Å². The number of carbonyl (C=O) groups excluding carboxylic acids is 1. The molecule has 0 saturated carbocycles. The lowest BCUT2D eigenvalue weighted by Crippen LogP contribution is -2.42. The van der Waals surface area contributed by atoms with Gasteiger partial charge >= 0.3 is 5.97 Å². The molecule has 2 rings (SSSR count). The van der Waals surface area contributed by atoms with E-state index < -0.39 is 12.0 Å². The largest absolute Gasteiger partial charge is 0.480 e. The number of benzene rings is 1. The number of carboxylic acids is 1. The van der Waals surface area contributed by atoms with Crippen LogP contribution in [0.25, 0.3) is 0 Å². The van der Waals surface area contributed by atoms with Crippen LogP contribution in [0.4, 0.5) is 0 Å². The van der Waals surface area contributed by atoms with Crippen molar-refractivity contribution in [2.75, 3.05) is 0 Å². The molecule has 0 aliphatic carbocycles. The number of carbonyl (C=O) groups is 2. The first-order valence-corrected chi connectivity index (χ1v) is 9.11. The number of thiophene rings is 1. The van der Waals surface area contributed by atoms with Crippen molar-refractivity contribution in [3.8, 4) is 0 Å². The fourth-order valence-electron chi connectivity index (χ4n) is 2.53. The summed E-state index contributed by atoms with van der Waals surface area (Å²) in [5, 5.41) is 14.0. The first-order chi connectivity index (χ1) is 11.6. The van der Waals surface area contributed by atoms with Gasteiger partial charge in [-0.3, -0.25) is 4.79 Å². The maximum atomic E-state index is 12.0. The molecule has 0 saturated heterocycles. The van der Waals surface area contributed by atoms with Crippen LogP contribution in [0, 0.1) is 0 Å². The minimum atomic E-state index is -0.995. The van der Waals surface area contributed by atoms with Gasteiger partial charge in [-0.1, -0.05) is 42.8 Å². The zero-order valence-electron chi connectivity index (χ0n) is 13.6. The van der Waals surface area contributed by atoms with Crippen molar-refractivity contribution < 1.29 is 14.7 Å². The van der Waals surface area contributed by atoms with Crippen molar-refractivity contribution in [1.82, 2.24) is 5.32 Å². The Labute approximate surface area is 146 Å². The molecule has 4 nitrogen and oxygen atoms in total. The van der Waals surface area contributed by atoms with Crippen LogP contribution in [-0.4, -0.2) is 23.0 Å². The maximum absolute atomic E-state index is 12.0. The smallest absolute Gasteiger partial charge is 0.326 e. The first-order valence-electron chi connectivity index (χ1n) is 8.23. The predicted octanol–water partition coefficient (Wildman–Crippen LogP) is 3.66. The highest BCUT2D eigenvalue weighted by Gasteiger charge is 2.19. The minimum Gasteiger partial charge on any atom is -0.480 e. The third-order valence-electron chi connectivity index (χ3n) is 3.82. The van der Waals surface area contributed by atoms with Gasteiger partial charge in [0, 0.05) is 17.7 Å². The van der Waals surface area contributed by atoms with Crippen LogP contribution >= 0.6 is 11.3 Å². The molecule has 0 fully saturated rings. The number of hydrogen-bond acceptors (Lipinski definition) is 3. The number of aliphatic carboxylic acids is 1. The highest BCUT2D eigenvalue weighted by atomic mass is 32.1. The summed E-state index contributed by atoms with van der Waals surface area (Å²) in [4.78, 5) is 24.7. The van der Waals surface area contributed by atoms with Crippen molar-refractivity contribution in [3.63, 3.8) is 0 Å². The normalized spacial score (nSPS) is 11.8. The number of carboxylic acid groups (broad SMARTS) is 1. The highest BCUT2D eigenvalue weighted by molar-refractivity contribution is 7.09. The molecule has 1 heterocycles. The molecule has 1 aromatic heterocycles. The fourth-order valence-corrected chi connectivity index (χ4v) is 3.28. The lowest BCUT2D eigenvalue weighted by Gasteiger charge is -2.14. The Kier molecular flexibility index (Phi) is 7.49. The second-order valence-corrected chi connectivity index (χ2v) is 6.82. The molecule has 0 spiro atoms. The Balaban J connectivity index is 1.67. The number of unbranched alkanes of at least 4 members (excludes halogenated alkanes) is 2. The lowest BCUT2D eigenvalue weighted by atomic mass is 10.1. The summed E-state index contributed by atoms with van der Waals surface area (Å²) in [7, 11) is 0. The maximum Gasteiger partial charge on any atom is 0.326 e. The molecule has 1 amide bonds. The lowest BCUT2D eigenvalue weighted by molar-refractivity contribution is -0.141. The fraction of sp³-hybridized carbons (Fsp3) is 0.368. The van der Waals surface area contributed by atoms with Gasteiger partial charge in [0.1, 0.15) is 6.04 Å². The predicted molar refractivity (Wildman–Crippen MR) is 96.2 cm³/mol. The molecule has 24 heavy (non-hydrogen) atoms. The summed E-state index contributed by atoms with van der Waals surface area (Å²) < 4.78 is 0. The van der Waals surface area contributed by atoms with E-state index in [0.717, 1.165) is 31.2 Å². The molecule has 0 unspecified atom stereocenters. The van der Waals surface area contributed by atoms with E-state index in [2.05, 4.69) is 16.8 Å². The summed E-state index contributed by atoms with van der Waals surface area (Å²) >= 11 is 1.76. The molecular weight excluding hydrogens is 322 g/mol. The third-order valence-corrected chi connectivity index (χ3v) is 4.76. The van der Waals surface area contributed by atoms with Gasteiger partial charge in [0.25, 0.3) is 0 Å². The van der Waals surface area contributed by atoms with Gasteiger partial charge in [0.2, 0.25) is 5.91 Å². The second-order valence-electron chi connectivity index (χ2n) is 5.79. The molecule has 5 heteroatoms. The van der Waals surface area contributed by atoms with E-state index in [9.17, 15) is 14.7 Å². The van der Waals surface area contributed by atoms with E-state index in [1.807, 2.05) is 36.4 Å². The van der Waals surface area contributed by atoms with Gasteiger partial charge in [-0.25, -0.2) is 4.79 Å². The summed E-state index contributed by atoms with van der Waals surface area (Å²) in [6.45, 7) is 0. The molecule has 1 atom stereocenters. The second kappa shape index (κ2) is 9.88. The summed E-state index contributed by atoms with van der Waals surface area (Å²) in [5.41, 5.74) is 0.904. The quantitative estimate of drug-likeness (QED) is 0.646. The van der Waals surface area contributed by atoms with Crippen molar-refractivity contribution in [1.29, 1.82) is 0 Å². The van der Waals surface area contributed by atoms with E-state index >= 15 is 0 Å². The summed E-state index contributed by atoms with van der Waals surface area (Å²) in [5.74, 6) is -1.18. The molecular formula is C19H23NO3S. The Morgan fingerprint density at radius 3 is 2.50 bits per heavy atom. The molecule has 0 aliphatic rings. The van der Waals surface area contributed by atoms with Crippen LogP contribution in [0.2, 0.25) is 0 Å². The molecule has 2 N–H and O–H groups in total. The minimum absolute atomic E-state index is 0.186. The zero-order chi connectivity index (χ0) is 17.2. The zero-order valence-corrected chi connectivity index (χ0v) is 14.4. The molecule has 128 valence electrons. The van der Waals surface area contributed by atoms with Crippen molar-refractivity contribution >= 4 is 23.2 Å². The Bertz CT molecular complexity index is 625. The van der Waals surface area contributed by atoms with Gasteiger partial charge in [0.05, 0.1) is 0 Å². The average Bonchev–Trinajstić information content (AvgIpc) is 3.08. The number of nitrogens with one attached hydrogen (secondary N) is 1. The monoisotopic (exact) mass is 345 g/mol. The van der Waals surface area contributed by atoms with Crippen LogP contribution in [0.1, 0.15) is 36.1 Å². The number of rotatable bonds is 10. The Morgan fingerprint density at radius 2 is 1.83 bits per heavy atom. The van der Waals surface area contributed by atoms with Gasteiger partial charge in [0.15, 0.2) is 0 Å². The van der Waals surface area contributed by atoms with E-state index in [1.165, 1.54) is 4.88 Å². The van der Waals surface area contributed by atoms with Gasteiger partial charge in [-0.2, -0.15) is 0 Å². The van der Waals surface area contributed by atoms with Gasteiger partial charge in [-0.15, -0.1) is 11.3 Å². The molecule has 0 radical (unpaired) electrons. The first kappa shape index (κ1) is 18.2. The average molecular weight is 345 g/mol. The van der Waals surface area contributed by atoms with E-state index in [1.54, 1.807) is 11.3 Å². The SMILES string of the molecule is O=C(CCCCCc1cccs1)N[C@H](Cc1ccccc1)C(=O)O. The van der Waals surface area contributed by atoms with Gasteiger partial charge in [-0.05, 0) is 36.3 Å². The number of hydrogen-bond donors (Lipinski definition) is 2. The highest BCUT2D eigenvalue weighted by Crippen LogP contribution is 2.13. The molecule has 2 aromatic rings. The van der Waals surface area contributed by atoms with Crippen LogP contribution < -0.4 is 5.32 Å². The van der Waals surface area contributed by atoms with Crippen LogP contribution in [0.15, 0.2) is 47.8 Å². The molecule has 0 aliphatic heterocycles. The van der Waals surface area contributed by atoms with Crippen molar-refractivity contribution in [2.24, 2.45) is 0 Å². The molecule has 1 aromatic carbocycles. The summed E-state index contributed by atoms with van der Waals surface area (Å²) in [6.07, 6.45) is 4.55.